The van der Waals surface area contributed by atoms with Crippen LogP contribution < -0.4 is 5.32 Å². The molecule has 0 radical (unpaired) electrons. The highest BCUT2D eigenvalue weighted by molar-refractivity contribution is 5.74. The first-order chi connectivity index (χ1) is 14.0. The number of aromatic hydroxyl groups is 1. The molecule has 0 unspecified atom stereocenters. The van der Waals surface area contributed by atoms with Crippen LogP contribution in [-0.2, 0) is 17.9 Å². The Balaban J connectivity index is 1.51. The molecule has 0 spiro atoms. The smallest absolute Gasteiger partial charge is 0.216 e. The lowest BCUT2D eigenvalue weighted by Gasteiger charge is -2.17. The maximum Gasteiger partial charge on any atom is 0.216 e. The SMILES string of the molecule is CC(=O)NCCn1nc([C@H]2CCN(Cc3cc(C)ccc3O)C2)c2nccnc21. The zero-order valence-corrected chi connectivity index (χ0v) is 16.8. The summed E-state index contributed by atoms with van der Waals surface area (Å²) in [6.07, 6.45) is 4.36. The normalized spacial score (nSPS) is 17.1. The molecule has 4 rings (SSSR count). The van der Waals surface area contributed by atoms with Crippen molar-refractivity contribution in [2.75, 3.05) is 19.6 Å². The van der Waals surface area contributed by atoms with E-state index in [0.717, 1.165) is 54.0 Å². The molecule has 0 bridgehead atoms. The van der Waals surface area contributed by atoms with Gasteiger partial charge in [-0.2, -0.15) is 5.10 Å². The number of phenols is 1. The lowest BCUT2D eigenvalue weighted by molar-refractivity contribution is -0.118. The number of phenolic OH excluding ortho intramolecular Hbond substituents is 1. The molecule has 29 heavy (non-hydrogen) atoms. The Morgan fingerprint density at radius 1 is 1.31 bits per heavy atom. The second-order valence-electron chi connectivity index (χ2n) is 7.67. The van der Waals surface area contributed by atoms with E-state index in [-0.39, 0.29) is 11.8 Å². The second kappa shape index (κ2) is 8.16. The van der Waals surface area contributed by atoms with Gasteiger partial charge in [0.25, 0.3) is 0 Å². The van der Waals surface area contributed by atoms with Gasteiger partial charge in [-0.1, -0.05) is 17.7 Å². The van der Waals surface area contributed by atoms with Crippen molar-refractivity contribution < 1.29 is 9.90 Å². The van der Waals surface area contributed by atoms with Gasteiger partial charge in [-0.25, -0.2) is 14.6 Å². The van der Waals surface area contributed by atoms with Crippen LogP contribution in [0.1, 0.15) is 36.1 Å². The summed E-state index contributed by atoms with van der Waals surface area (Å²) in [5.41, 5.74) is 4.65. The molecule has 3 aromatic rings. The van der Waals surface area contributed by atoms with Crippen molar-refractivity contribution in [3.63, 3.8) is 0 Å². The number of benzene rings is 1. The van der Waals surface area contributed by atoms with Gasteiger partial charge in [0.1, 0.15) is 11.3 Å². The topological polar surface area (TPSA) is 96.2 Å². The van der Waals surface area contributed by atoms with E-state index in [1.807, 2.05) is 23.7 Å². The average molecular weight is 394 g/mol. The summed E-state index contributed by atoms with van der Waals surface area (Å²) < 4.78 is 1.84. The molecule has 152 valence electrons. The Morgan fingerprint density at radius 3 is 2.97 bits per heavy atom. The number of aryl methyl sites for hydroxylation is 1. The first kappa shape index (κ1) is 19.3. The number of carbonyl (C=O) groups excluding carboxylic acids is 1. The van der Waals surface area contributed by atoms with Crippen molar-refractivity contribution in [1.82, 2.24) is 30.0 Å². The standard InChI is InChI=1S/C21H26N6O2/c1-14-3-4-18(29)17(11-14)13-26-9-5-16(12-26)19-20-21(24-7-6-23-20)27(25-19)10-8-22-15(2)28/h3-4,6-7,11,16,29H,5,8-10,12-13H2,1-2H3,(H,22,28)/t16-/m0/s1. The quantitative estimate of drug-likeness (QED) is 0.664. The number of nitrogens with zero attached hydrogens (tertiary/aromatic N) is 5. The number of nitrogens with one attached hydrogen (secondary N) is 1. The molecule has 8 heteroatoms. The van der Waals surface area contributed by atoms with Crippen LogP contribution in [0, 0.1) is 6.92 Å². The van der Waals surface area contributed by atoms with Gasteiger partial charge >= 0.3 is 0 Å². The molecular formula is C21H26N6O2. The van der Waals surface area contributed by atoms with Crippen LogP contribution in [0.3, 0.4) is 0 Å². The van der Waals surface area contributed by atoms with Gasteiger partial charge in [0.05, 0.1) is 12.2 Å². The highest BCUT2D eigenvalue weighted by Gasteiger charge is 2.29. The zero-order chi connectivity index (χ0) is 20.4. The maximum atomic E-state index is 11.2. The number of aromatic nitrogens is 4. The van der Waals surface area contributed by atoms with E-state index in [0.29, 0.717) is 18.8 Å². The molecule has 2 aromatic heterocycles. The van der Waals surface area contributed by atoms with Gasteiger partial charge in [-0.3, -0.25) is 9.69 Å². The van der Waals surface area contributed by atoms with E-state index in [2.05, 4.69) is 20.2 Å². The largest absolute Gasteiger partial charge is 0.508 e. The minimum absolute atomic E-state index is 0.0568. The Hall–Kier alpha value is -3.00. The van der Waals surface area contributed by atoms with Gasteiger partial charge < -0.3 is 10.4 Å². The van der Waals surface area contributed by atoms with Gasteiger partial charge in [-0.15, -0.1) is 0 Å². The predicted octanol–water partition coefficient (Wildman–Crippen LogP) is 1.97. The van der Waals surface area contributed by atoms with Crippen LogP contribution in [0.5, 0.6) is 5.75 Å². The van der Waals surface area contributed by atoms with E-state index in [4.69, 9.17) is 5.10 Å². The number of likely N-dealkylation sites (tertiary alicyclic amines) is 1. The molecule has 0 saturated carbocycles. The van der Waals surface area contributed by atoms with Crippen molar-refractivity contribution >= 4 is 17.1 Å². The van der Waals surface area contributed by atoms with Gasteiger partial charge in [0.2, 0.25) is 5.91 Å². The van der Waals surface area contributed by atoms with Crippen LogP contribution in [0.15, 0.2) is 30.6 Å². The second-order valence-corrected chi connectivity index (χ2v) is 7.67. The van der Waals surface area contributed by atoms with Crippen LogP contribution in [0.2, 0.25) is 0 Å². The van der Waals surface area contributed by atoms with Crippen LogP contribution in [-0.4, -0.2) is 55.3 Å². The Kier molecular flexibility index (Phi) is 5.44. The first-order valence-electron chi connectivity index (χ1n) is 9.94. The summed E-state index contributed by atoms with van der Waals surface area (Å²) in [4.78, 5) is 22.5. The third-order valence-electron chi connectivity index (χ3n) is 5.38. The molecule has 1 aliphatic rings. The number of carbonyl (C=O) groups is 1. The molecule has 8 nitrogen and oxygen atoms in total. The lowest BCUT2D eigenvalue weighted by atomic mass is 10.0. The molecule has 1 atom stereocenters. The van der Waals surface area contributed by atoms with Crippen molar-refractivity contribution in [2.45, 2.75) is 39.3 Å². The van der Waals surface area contributed by atoms with E-state index in [1.54, 1.807) is 18.5 Å². The molecular weight excluding hydrogens is 368 g/mol. The Labute approximate surface area is 169 Å². The predicted molar refractivity (Wildman–Crippen MR) is 109 cm³/mol. The van der Waals surface area contributed by atoms with Crippen molar-refractivity contribution in [3.05, 3.63) is 47.4 Å². The van der Waals surface area contributed by atoms with E-state index in [9.17, 15) is 9.90 Å². The number of hydrogen-bond acceptors (Lipinski definition) is 6. The summed E-state index contributed by atoms with van der Waals surface area (Å²) in [7, 11) is 0. The molecule has 1 amide bonds. The minimum Gasteiger partial charge on any atom is -0.508 e. The molecule has 3 heterocycles. The number of amides is 1. The third kappa shape index (κ3) is 4.22. The molecule has 0 aliphatic carbocycles. The number of fused-ring (bicyclic) bond motifs is 1. The van der Waals surface area contributed by atoms with Crippen molar-refractivity contribution in [1.29, 1.82) is 0 Å². The highest BCUT2D eigenvalue weighted by Crippen LogP contribution is 2.32. The monoisotopic (exact) mass is 394 g/mol. The number of rotatable bonds is 6. The van der Waals surface area contributed by atoms with Gasteiger partial charge in [0, 0.05) is 50.4 Å². The summed E-state index contributed by atoms with van der Waals surface area (Å²) in [5.74, 6) is 0.555. The minimum atomic E-state index is -0.0568. The molecule has 2 N–H and O–H groups in total. The van der Waals surface area contributed by atoms with E-state index >= 15 is 0 Å². The molecule has 1 aromatic carbocycles. The highest BCUT2D eigenvalue weighted by atomic mass is 16.3. The fraction of sp³-hybridized carbons (Fsp3) is 0.429. The van der Waals surface area contributed by atoms with Crippen LogP contribution in [0.25, 0.3) is 11.2 Å². The molecule has 1 aliphatic heterocycles. The number of hydrogen-bond donors (Lipinski definition) is 2. The van der Waals surface area contributed by atoms with E-state index in [1.165, 1.54) is 6.92 Å². The van der Waals surface area contributed by atoms with Crippen molar-refractivity contribution in [2.24, 2.45) is 0 Å². The molecule has 1 saturated heterocycles. The molecule has 1 fully saturated rings. The summed E-state index contributed by atoms with van der Waals surface area (Å²) in [6.45, 7) is 7.13. The first-order valence-corrected chi connectivity index (χ1v) is 9.94. The lowest BCUT2D eigenvalue weighted by Crippen LogP contribution is -2.25. The zero-order valence-electron chi connectivity index (χ0n) is 16.8. The van der Waals surface area contributed by atoms with E-state index < -0.39 is 0 Å². The van der Waals surface area contributed by atoms with Crippen LogP contribution in [0.4, 0.5) is 0 Å². The van der Waals surface area contributed by atoms with Gasteiger partial charge in [-0.05, 0) is 26.0 Å². The Bertz CT molecular complexity index is 1030. The maximum absolute atomic E-state index is 11.2. The fourth-order valence-corrected chi connectivity index (χ4v) is 3.98. The summed E-state index contributed by atoms with van der Waals surface area (Å²) in [6, 6.07) is 5.72. The Morgan fingerprint density at radius 2 is 2.14 bits per heavy atom. The van der Waals surface area contributed by atoms with Crippen LogP contribution >= 0.6 is 0 Å². The average Bonchev–Trinajstić information content (AvgIpc) is 3.29. The van der Waals surface area contributed by atoms with Gasteiger partial charge in [0.15, 0.2) is 5.65 Å². The van der Waals surface area contributed by atoms with Crippen molar-refractivity contribution in [3.8, 4) is 5.75 Å². The fourth-order valence-electron chi connectivity index (χ4n) is 3.98. The third-order valence-corrected chi connectivity index (χ3v) is 5.38. The summed E-state index contributed by atoms with van der Waals surface area (Å²) in [5, 5.41) is 17.8. The summed E-state index contributed by atoms with van der Waals surface area (Å²) >= 11 is 0.